The van der Waals surface area contributed by atoms with Gasteiger partial charge in [-0.2, -0.15) is 4.52 Å². The van der Waals surface area contributed by atoms with E-state index < -0.39 is 6.09 Å². The smallest absolute Gasteiger partial charge is 0.411 e. The molecule has 0 aliphatic rings. The molecule has 0 aliphatic carbocycles. The third kappa shape index (κ3) is 4.57. The number of carbonyl (C=O) groups excluding carboxylic acids is 1. The fraction of sp³-hybridized carbons (Fsp3) is 0.412. The molecule has 0 atom stereocenters. The standard InChI is InChI=1S/C15H16ClN5O2.C2H6/c1-2-3-4-7-23-15(22)17-12-8-10-5-6-11(16)9-13(10)21-14(12)18-19-20-21;1-2/h5-6,8-9H,2-4,7H2,1H3,(H,17,22);1-2H3. The van der Waals surface area contributed by atoms with Gasteiger partial charge in [0.2, 0.25) is 5.65 Å². The van der Waals surface area contributed by atoms with Crippen LogP contribution in [0.15, 0.2) is 24.3 Å². The number of tetrazole rings is 1. The van der Waals surface area contributed by atoms with Crippen molar-refractivity contribution in [3.05, 3.63) is 29.3 Å². The Kier molecular flexibility index (Phi) is 6.94. The third-order valence-electron chi connectivity index (χ3n) is 3.45. The zero-order valence-electron chi connectivity index (χ0n) is 14.6. The average Bonchev–Trinajstić information content (AvgIpc) is 3.11. The summed E-state index contributed by atoms with van der Waals surface area (Å²) in [5.41, 5.74) is 1.69. The van der Waals surface area contributed by atoms with Crippen LogP contribution in [-0.2, 0) is 4.74 Å². The van der Waals surface area contributed by atoms with Gasteiger partial charge in [-0.1, -0.05) is 51.3 Å². The second-order valence-corrected chi connectivity index (χ2v) is 5.58. The summed E-state index contributed by atoms with van der Waals surface area (Å²) in [5, 5.41) is 15.7. The van der Waals surface area contributed by atoms with Crippen molar-refractivity contribution in [3.8, 4) is 0 Å². The lowest BCUT2D eigenvalue weighted by Crippen LogP contribution is -2.15. The summed E-state index contributed by atoms with van der Waals surface area (Å²) < 4.78 is 6.69. The molecule has 0 saturated heterocycles. The number of halogens is 1. The molecule has 8 heteroatoms. The number of nitrogens with one attached hydrogen (secondary N) is 1. The van der Waals surface area contributed by atoms with Gasteiger partial charge in [-0.3, -0.25) is 5.32 Å². The largest absolute Gasteiger partial charge is 0.449 e. The molecule has 0 aliphatic heterocycles. The molecule has 134 valence electrons. The van der Waals surface area contributed by atoms with Crippen molar-refractivity contribution in [1.29, 1.82) is 0 Å². The molecular formula is C17H22ClN5O2. The number of rotatable bonds is 5. The number of pyridine rings is 1. The first-order valence-corrected chi connectivity index (χ1v) is 8.81. The van der Waals surface area contributed by atoms with Gasteiger partial charge < -0.3 is 4.74 Å². The van der Waals surface area contributed by atoms with Crippen LogP contribution in [0, 0.1) is 0 Å². The maximum atomic E-state index is 11.9. The Morgan fingerprint density at radius 1 is 1.28 bits per heavy atom. The van der Waals surface area contributed by atoms with Crippen molar-refractivity contribution >= 4 is 39.9 Å². The van der Waals surface area contributed by atoms with Gasteiger partial charge in [0.15, 0.2) is 0 Å². The quantitative estimate of drug-likeness (QED) is 0.664. The Morgan fingerprint density at radius 2 is 2.08 bits per heavy atom. The Hall–Kier alpha value is -2.41. The molecule has 0 unspecified atom stereocenters. The van der Waals surface area contributed by atoms with Gasteiger partial charge in [0.1, 0.15) is 0 Å². The molecule has 0 fully saturated rings. The second-order valence-electron chi connectivity index (χ2n) is 5.14. The van der Waals surface area contributed by atoms with E-state index in [1.54, 1.807) is 18.2 Å². The molecule has 0 radical (unpaired) electrons. The number of unbranched alkanes of at least 4 members (excludes halogenated alkanes) is 2. The van der Waals surface area contributed by atoms with Crippen LogP contribution in [0.2, 0.25) is 5.02 Å². The minimum Gasteiger partial charge on any atom is -0.449 e. The van der Waals surface area contributed by atoms with E-state index in [2.05, 4.69) is 27.8 Å². The van der Waals surface area contributed by atoms with Crippen LogP contribution in [-0.4, -0.2) is 32.7 Å². The van der Waals surface area contributed by atoms with Crippen LogP contribution in [0.25, 0.3) is 16.6 Å². The Bertz CT molecular complexity index is 850. The van der Waals surface area contributed by atoms with Crippen molar-refractivity contribution < 1.29 is 9.53 Å². The highest BCUT2D eigenvalue weighted by molar-refractivity contribution is 6.31. The zero-order chi connectivity index (χ0) is 18.2. The fourth-order valence-corrected chi connectivity index (χ4v) is 2.48. The van der Waals surface area contributed by atoms with E-state index in [1.807, 2.05) is 19.9 Å². The number of anilines is 1. The molecule has 1 N–H and O–H groups in total. The summed E-state index contributed by atoms with van der Waals surface area (Å²) in [7, 11) is 0. The maximum absolute atomic E-state index is 11.9. The molecule has 1 amide bonds. The van der Waals surface area contributed by atoms with Gasteiger partial charge in [0, 0.05) is 10.4 Å². The van der Waals surface area contributed by atoms with Gasteiger partial charge in [-0.05, 0) is 35.0 Å². The summed E-state index contributed by atoms with van der Waals surface area (Å²) in [6.45, 7) is 6.49. The Balaban J connectivity index is 0.00000109. The predicted molar refractivity (Wildman–Crippen MR) is 99.1 cm³/mol. The Labute approximate surface area is 151 Å². The summed E-state index contributed by atoms with van der Waals surface area (Å²) in [6, 6.07) is 7.18. The summed E-state index contributed by atoms with van der Waals surface area (Å²) >= 11 is 6.02. The first-order valence-electron chi connectivity index (χ1n) is 8.43. The van der Waals surface area contributed by atoms with Crippen molar-refractivity contribution in [1.82, 2.24) is 20.0 Å². The van der Waals surface area contributed by atoms with Gasteiger partial charge in [0.05, 0.1) is 17.8 Å². The number of aromatic nitrogens is 4. The lowest BCUT2D eigenvalue weighted by Gasteiger charge is -2.09. The van der Waals surface area contributed by atoms with Crippen LogP contribution in [0.4, 0.5) is 10.5 Å². The molecule has 1 aromatic carbocycles. The van der Waals surface area contributed by atoms with Crippen molar-refractivity contribution in [2.24, 2.45) is 0 Å². The van der Waals surface area contributed by atoms with Crippen molar-refractivity contribution in [2.45, 2.75) is 40.0 Å². The number of ether oxygens (including phenoxy) is 1. The molecule has 7 nitrogen and oxygen atoms in total. The average molecular weight is 364 g/mol. The van der Waals surface area contributed by atoms with Gasteiger partial charge >= 0.3 is 6.09 Å². The second kappa shape index (κ2) is 9.17. The van der Waals surface area contributed by atoms with E-state index in [0.717, 1.165) is 30.2 Å². The van der Waals surface area contributed by atoms with Gasteiger partial charge in [-0.25, -0.2) is 4.79 Å². The Morgan fingerprint density at radius 3 is 2.84 bits per heavy atom. The number of nitrogens with zero attached hydrogens (tertiary/aromatic N) is 4. The third-order valence-corrected chi connectivity index (χ3v) is 3.68. The SMILES string of the molecule is CC.CCCCCOC(=O)Nc1cc2ccc(Cl)cc2n2nnnc12. The summed E-state index contributed by atoms with van der Waals surface area (Å²) in [6.07, 6.45) is 2.44. The minimum absolute atomic E-state index is 0.393. The number of fused-ring (bicyclic) bond motifs is 3. The topological polar surface area (TPSA) is 81.4 Å². The van der Waals surface area contributed by atoms with E-state index in [1.165, 1.54) is 4.52 Å². The first-order chi connectivity index (χ1) is 12.2. The minimum atomic E-state index is -0.515. The highest BCUT2D eigenvalue weighted by atomic mass is 35.5. The molecule has 0 spiro atoms. The first kappa shape index (κ1) is 18.9. The molecule has 25 heavy (non-hydrogen) atoms. The van der Waals surface area contributed by atoms with Crippen LogP contribution in [0.5, 0.6) is 0 Å². The maximum Gasteiger partial charge on any atom is 0.411 e. The molecule has 3 rings (SSSR count). The summed E-state index contributed by atoms with van der Waals surface area (Å²) in [5.74, 6) is 0. The number of hydrogen-bond donors (Lipinski definition) is 1. The molecule has 2 aromatic heterocycles. The van der Waals surface area contributed by atoms with E-state index in [9.17, 15) is 4.79 Å². The van der Waals surface area contributed by atoms with Gasteiger partial charge in [-0.15, -0.1) is 5.10 Å². The highest BCUT2D eigenvalue weighted by Crippen LogP contribution is 2.25. The van der Waals surface area contributed by atoms with Crippen molar-refractivity contribution in [2.75, 3.05) is 11.9 Å². The number of amides is 1. The summed E-state index contributed by atoms with van der Waals surface area (Å²) in [4.78, 5) is 11.9. The van der Waals surface area contributed by atoms with Crippen LogP contribution >= 0.6 is 11.6 Å². The number of benzene rings is 1. The lowest BCUT2D eigenvalue weighted by atomic mass is 10.2. The van der Waals surface area contributed by atoms with E-state index in [0.29, 0.717) is 23.0 Å². The molecule has 3 aromatic rings. The van der Waals surface area contributed by atoms with E-state index >= 15 is 0 Å². The molecule has 0 bridgehead atoms. The molecule has 2 heterocycles. The lowest BCUT2D eigenvalue weighted by molar-refractivity contribution is 0.159. The number of hydrogen-bond acceptors (Lipinski definition) is 5. The normalized spacial score (nSPS) is 10.4. The van der Waals surface area contributed by atoms with Gasteiger partial charge in [0.25, 0.3) is 0 Å². The fourth-order valence-electron chi connectivity index (χ4n) is 2.31. The monoisotopic (exact) mass is 363 g/mol. The predicted octanol–water partition coefficient (Wildman–Crippen LogP) is 4.70. The van der Waals surface area contributed by atoms with E-state index in [4.69, 9.17) is 16.3 Å². The molecular weight excluding hydrogens is 342 g/mol. The van der Waals surface area contributed by atoms with Crippen molar-refractivity contribution in [3.63, 3.8) is 0 Å². The van der Waals surface area contributed by atoms with Crippen LogP contribution < -0.4 is 5.32 Å². The van der Waals surface area contributed by atoms with Crippen LogP contribution in [0.3, 0.4) is 0 Å². The number of carbonyl (C=O) groups is 1. The van der Waals surface area contributed by atoms with Crippen LogP contribution in [0.1, 0.15) is 40.0 Å². The zero-order valence-corrected chi connectivity index (χ0v) is 15.4. The van der Waals surface area contributed by atoms with E-state index in [-0.39, 0.29) is 0 Å². The molecule has 0 saturated carbocycles. The highest BCUT2D eigenvalue weighted by Gasteiger charge is 2.13.